The third-order valence-corrected chi connectivity index (χ3v) is 9.89. The predicted octanol–water partition coefficient (Wildman–Crippen LogP) is 4.21. The molecular formula is C33H33ClF3N9O5. The Morgan fingerprint density at radius 1 is 1.16 bits per heavy atom. The fraction of sp³-hybridized carbons (Fsp3) is 0.424. The Labute approximate surface area is 293 Å². The molecule has 2 amide bonds. The number of anilines is 2. The minimum atomic E-state index is -4.61. The van der Waals surface area contributed by atoms with Gasteiger partial charge in [-0.2, -0.15) is 22.7 Å². The van der Waals surface area contributed by atoms with E-state index in [2.05, 4.69) is 20.4 Å². The number of ether oxygens (including phenoxy) is 1. The van der Waals surface area contributed by atoms with Crippen LogP contribution < -0.4 is 15.8 Å². The van der Waals surface area contributed by atoms with E-state index in [0.29, 0.717) is 36.8 Å². The van der Waals surface area contributed by atoms with Gasteiger partial charge in [0.25, 0.3) is 11.5 Å². The molecular weight excluding hydrogens is 695 g/mol. The zero-order valence-electron chi connectivity index (χ0n) is 27.7. The van der Waals surface area contributed by atoms with Crippen LogP contribution in [0.3, 0.4) is 0 Å². The van der Waals surface area contributed by atoms with Crippen molar-refractivity contribution in [2.75, 3.05) is 43.1 Å². The lowest BCUT2D eigenvalue weighted by molar-refractivity contribution is -0.137. The molecule has 0 saturated carbocycles. The Morgan fingerprint density at radius 2 is 1.94 bits per heavy atom. The standard InChI is InChI=1S/C33H33ClF3N9O5/c1-16-12-23(29(48)40-22-5-4-20(13-21(22)34)33(35,36)37)45-25(16)26(31(50)46-32(45)41-28(42-46)19-6-10-51-11-7-19)43-8-9-44(17(2)14-43)30(49)24-27(47)18(3)38-15-39-24/h4-6,13,15-17,23,47H,7-12,14H2,1-3H3,(H,40,48)/t16?,17-,23?/m1/s1. The number of carbonyl (C=O) groups excluding carboxylic acids is 2. The van der Waals surface area contributed by atoms with Gasteiger partial charge in [-0.25, -0.2) is 9.97 Å². The first-order chi connectivity index (χ1) is 24.2. The van der Waals surface area contributed by atoms with Crippen LogP contribution in [0.25, 0.3) is 11.4 Å². The van der Waals surface area contributed by atoms with Crippen LogP contribution in [0, 0.1) is 6.92 Å². The molecule has 18 heteroatoms. The normalized spacial score (nSPS) is 20.8. The maximum atomic E-state index is 14.4. The molecule has 2 unspecified atom stereocenters. The average molecular weight is 728 g/mol. The molecule has 0 spiro atoms. The number of aryl methyl sites for hydroxylation is 1. The summed E-state index contributed by atoms with van der Waals surface area (Å²) < 4.78 is 48.1. The summed E-state index contributed by atoms with van der Waals surface area (Å²) in [5.74, 6) is -1.21. The molecule has 51 heavy (non-hydrogen) atoms. The molecule has 3 aromatic heterocycles. The number of nitrogens with one attached hydrogen (secondary N) is 1. The molecule has 7 rings (SSSR count). The molecule has 2 N–H and O–H groups in total. The third kappa shape index (κ3) is 6.07. The topological polar surface area (TPSA) is 160 Å². The van der Waals surface area contributed by atoms with Crippen molar-refractivity contribution in [2.45, 2.75) is 57.8 Å². The molecule has 1 saturated heterocycles. The molecule has 268 valence electrons. The summed E-state index contributed by atoms with van der Waals surface area (Å²) in [4.78, 5) is 57.9. The van der Waals surface area contributed by atoms with Gasteiger partial charge in [0.2, 0.25) is 11.7 Å². The summed E-state index contributed by atoms with van der Waals surface area (Å²) in [6.45, 7) is 6.75. The highest BCUT2D eigenvalue weighted by atomic mass is 35.5. The lowest BCUT2D eigenvalue weighted by atomic mass is 10.0. The number of fused-ring (bicyclic) bond motifs is 3. The second-order valence-electron chi connectivity index (χ2n) is 12.9. The number of nitrogens with zero attached hydrogens (tertiary/aromatic N) is 8. The van der Waals surface area contributed by atoms with Gasteiger partial charge in [-0.15, -0.1) is 5.10 Å². The summed E-state index contributed by atoms with van der Waals surface area (Å²) in [6.07, 6.45) is -0.798. The van der Waals surface area contributed by atoms with E-state index in [1.807, 2.05) is 24.8 Å². The van der Waals surface area contributed by atoms with Crippen molar-refractivity contribution in [1.82, 2.24) is 34.0 Å². The molecule has 1 fully saturated rings. The summed E-state index contributed by atoms with van der Waals surface area (Å²) >= 11 is 6.19. The second kappa shape index (κ2) is 12.9. The van der Waals surface area contributed by atoms with E-state index < -0.39 is 41.2 Å². The van der Waals surface area contributed by atoms with E-state index in [1.54, 1.807) is 16.4 Å². The van der Waals surface area contributed by atoms with Crippen molar-refractivity contribution in [2.24, 2.45) is 0 Å². The number of benzene rings is 1. The van der Waals surface area contributed by atoms with Gasteiger partial charge in [0.1, 0.15) is 18.1 Å². The lowest BCUT2D eigenvalue weighted by Crippen LogP contribution is -2.55. The number of piperazine rings is 1. The highest BCUT2D eigenvalue weighted by Gasteiger charge is 2.42. The Kier molecular flexibility index (Phi) is 8.73. The van der Waals surface area contributed by atoms with Gasteiger partial charge < -0.3 is 25.0 Å². The summed E-state index contributed by atoms with van der Waals surface area (Å²) in [7, 11) is 0. The monoisotopic (exact) mass is 727 g/mol. The zero-order chi connectivity index (χ0) is 36.4. The lowest BCUT2D eigenvalue weighted by Gasteiger charge is -2.41. The van der Waals surface area contributed by atoms with Crippen LogP contribution in [0.2, 0.25) is 5.02 Å². The van der Waals surface area contributed by atoms with Gasteiger partial charge >= 0.3 is 6.18 Å². The van der Waals surface area contributed by atoms with Crippen LogP contribution in [0.5, 0.6) is 5.75 Å². The number of aromatic hydroxyl groups is 1. The van der Waals surface area contributed by atoms with Gasteiger partial charge in [-0.3, -0.25) is 19.0 Å². The zero-order valence-corrected chi connectivity index (χ0v) is 28.5. The van der Waals surface area contributed by atoms with Gasteiger partial charge in [0, 0.05) is 31.6 Å². The minimum Gasteiger partial charge on any atom is -0.504 e. The molecule has 14 nitrogen and oxygen atoms in total. The minimum absolute atomic E-state index is 0.00195. The summed E-state index contributed by atoms with van der Waals surface area (Å²) in [6, 6.07) is 1.34. The van der Waals surface area contributed by atoms with Crippen molar-refractivity contribution < 1.29 is 32.6 Å². The van der Waals surface area contributed by atoms with Gasteiger partial charge in [-0.1, -0.05) is 24.6 Å². The molecule has 0 radical (unpaired) electrons. The maximum Gasteiger partial charge on any atom is 0.416 e. The number of halogens is 4. The first-order valence-electron chi connectivity index (χ1n) is 16.3. The first kappa shape index (κ1) is 34.4. The second-order valence-corrected chi connectivity index (χ2v) is 13.3. The number of rotatable bonds is 5. The SMILES string of the molecule is Cc1ncnc(C(=O)N2CCN(c3c4n(c5nc(C6=CCOCC6)nn5c3=O)C(C(=O)Nc3ccc(C(F)(F)F)cc3Cl)CC4C)C[C@H]2C)c1O. The molecule has 6 heterocycles. The van der Waals surface area contributed by atoms with Crippen LogP contribution in [-0.4, -0.2) is 89.8 Å². The number of amides is 2. The first-order valence-corrected chi connectivity index (χ1v) is 16.7. The predicted molar refractivity (Wildman–Crippen MR) is 179 cm³/mol. The van der Waals surface area contributed by atoms with Crippen LogP contribution in [0.1, 0.15) is 71.9 Å². The third-order valence-electron chi connectivity index (χ3n) is 9.58. The van der Waals surface area contributed by atoms with E-state index >= 15 is 0 Å². The Bertz CT molecular complexity index is 2170. The highest BCUT2D eigenvalue weighted by Crippen LogP contribution is 2.43. The maximum absolute atomic E-state index is 14.4. The van der Waals surface area contributed by atoms with E-state index in [-0.39, 0.29) is 65.6 Å². The Balaban J connectivity index is 1.28. The molecule has 0 bridgehead atoms. The number of hydrogen-bond donors (Lipinski definition) is 2. The quantitative estimate of drug-likeness (QED) is 0.305. The molecule has 0 aliphatic carbocycles. The molecule has 3 atom stereocenters. The summed E-state index contributed by atoms with van der Waals surface area (Å²) in [5, 5.41) is 17.5. The number of alkyl halides is 3. The largest absolute Gasteiger partial charge is 0.504 e. The van der Waals surface area contributed by atoms with Gasteiger partial charge in [-0.05, 0) is 50.5 Å². The van der Waals surface area contributed by atoms with E-state index in [4.69, 9.17) is 21.3 Å². The molecule has 1 aromatic carbocycles. The van der Waals surface area contributed by atoms with Crippen LogP contribution in [0.15, 0.2) is 35.4 Å². The van der Waals surface area contributed by atoms with E-state index in [9.17, 15) is 32.7 Å². The molecule has 3 aliphatic rings. The van der Waals surface area contributed by atoms with Gasteiger partial charge in [0.05, 0.1) is 40.9 Å². The number of aromatic nitrogens is 6. The van der Waals surface area contributed by atoms with Crippen molar-refractivity contribution in [3.63, 3.8) is 0 Å². The van der Waals surface area contributed by atoms with E-state index in [0.717, 1.165) is 23.8 Å². The Hall–Kier alpha value is -5.03. The van der Waals surface area contributed by atoms with Gasteiger partial charge in [0.15, 0.2) is 17.3 Å². The van der Waals surface area contributed by atoms with Crippen molar-refractivity contribution in [3.8, 4) is 5.75 Å². The molecule has 4 aromatic rings. The molecule has 3 aliphatic heterocycles. The fourth-order valence-corrected chi connectivity index (χ4v) is 7.20. The summed E-state index contributed by atoms with van der Waals surface area (Å²) in [5.41, 5.74) is 0.392. The Morgan fingerprint density at radius 3 is 2.63 bits per heavy atom. The number of hydrogen-bond acceptors (Lipinski definition) is 10. The highest BCUT2D eigenvalue weighted by molar-refractivity contribution is 6.33. The van der Waals surface area contributed by atoms with E-state index in [1.165, 1.54) is 10.8 Å². The van der Waals surface area contributed by atoms with Crippen LogP contribution in [0.4, 0.5) is 24.5 Å². The smallest absolute Gasteiger partial charge is 0.416 e. The number of carbonyl (C=O) groups is 2. The van der Waals surface area contributed by atoms with Crippen LogP contribution in [-0.2, 0) is 15.7 Å². The fourth-order valence-electron chi connectivity index (χ4n) is 6.98. The average Bonchev–Trinajstić information content (AvgIpc) is 3.69. The van der Waals surface area contributed by atoms with Crippen LogP contribution >= 0.6 is 11.6 Å². The van der Waals surface area contributed by atoms with Crippen molar-refractivity contribution >= 4 is 46.1 Å². The van der Waals surface area contributed by atoms with Crippen molar-refractivity contribution in [3.05, 3.63) is 74.4 Å². The van der Waals surface area contributed by atoms with Crippen molar-refractivity contribution in [1.29, 1.82) is 0 Å².